The van der Waals surface area contributed by atoms with Crippen LogP contribution in [0.2, 0.25) is 0 Å². The molecule has 20 heavy (non-hydrogen) atoms. The van der Waals surface area contributed by atoms with Gasteiger partial charge in [-0.25, -0.2) is 0 Å². The van der Waals surface area contributed by atoms with Crippen molar-refractivity contribution in [2.45, 2.75) is 26.3 Å². The summed E-state index contributed by atoms with van der Waals surface area (Å²) in [6.07, 6.45) is 0.590. The van der Waals surface area contributed by atoms with Crippen molar-refractivity contribution < 1.29 is 9.90 Å². The zero-order valence-electron chi connectivity index (χ0n) is 12.6. The average Bonchev–Trinajstić information content (AvgIpc) is 2.41. The van der Waals surface area contributed by atoms with Crippen molar-refractivity contribution in [3.63, 3.8) is 0 Å². The van der Waals surface area contributed by atoms with Gasteiger partial charge < -0.3 is 10.0 Å². The Morgan fingerprint density at radius 3 is 2.50 bits per heavy atom. The number of piperazine rings is 1. The molecule has 1 aromatic rings. The van der Waals surface area contributed by atoms with Gasteiger partial charge in [-0.2, -0.15) is 0 Å². The summed E-state index contributed by atoms with van der Waals surface area (Å²) in [6.45, 7) is 7.70. The molecule has 0 amide bonds. The maximum absolute atomic E-state index is 11.6. The Morgan fingerprint density at radius 2 is 1.90 bits per heavy atom. The molecule has 1 aliphatic heterocycles. The summed E-state index contributed by atoms with van der Waals surface area (Å²) in [6, 6.07) is 5.73. The molecule has 0 saturated carbocycles. The highest BCUT2D eigenvalue weighted by molar-refractivity contribution is 5.74. The van der Waals surface area contributed by atoms with E-state index in [0.717, 1.165) is 31.7 Å². The van der Waals surface area contributed by atoms with Gasteiger partial charge in [-0.1, -0.05) is 18.2 Å². The fourth-order valence-corrected chi connectivity index (χ4v) is 2.75. The van der Waals surface area contributed by atoms with Gasteiger partial charge in [-0.05, 0) is 44.0 Å². The number of carboxylic acid groups (broad SMARTS) is 1. The Labute approximate surface area is 121 Å². The van der Waals surface area contributed by atoms with E-state index in [2.05, 4.69) is 36.8 Å². The number of hydrogen-bond donors (Lipinski definition) is 1. The van der Waals surface area contributed by atoms with Crippen molar-refractivity contribution in [2.24, 2.45) is 0 Å². The van der Waals surface area contributed by atoms with E-state index in [9.17, 15) is 9.90 Å². The third-order valence-corrected chi connectivity index (χ3v) is 4.39. The molecule has 4 nitrogen and oxygen atoms in total. The maximum Gasteiger partial charge on any atom is 0.321 e. The van der Waals surface area contributed by atoms with E-state index in [4.69, 9.17) is 0 Å². The van der Waals surface area contributed by atoms with Crippen LogP contribution in [0.15, 0.2) is 18.2 Å². The lowest BCUT2D eigenvalue weighted by Gasteiger charge is -2.36. The van der Waals surface area contributed by atoms with Gasteiger partial charge in [0.25, 0.3) is 0 Å². The van der Waals surface area contributed by atoms with E-state index in [1.54, 1.807) is 0 Å². The molecule has 1 aliphatic rings. The Kier molecular flexibility index (Phi) is 4.78. The first-order valence-electron chi connectivity index (χ1n) is 7.19. The summed E-state index contributed by atoms with van der Waals surface area (Å²) in [4.78, 5) is 16.0. The summed E-state index contributed by atoms with van der Waals surface area (Å²) in [5, 5.41) is 9.56. The van der Waals surface area contributed by atoms with Gasteiger partial charge in [0.1, 0.15) is 6.04 Å². The van der Waals surface area contributed by atoms with Crippen molar-refractivity contribution in [1.29, 1.82) is 0 Å². The van der Waals surface area contributed by atoms with Crippen molar-refractivity contribution in [3.05, 3.63) is 34.9 Å². The quantitative estimate of drug-likeness (QED) is 0.906. The second kappa shape index (κ2) is 6.37. The lowest BCUT2D eigenvalue weighted by Crippen LogP contribution is -2.52. The maximum atomic E-state index is 11.6. The summed E-state index contributed by atoms with van der Waals surface area (Å²) >= 11 is 0. The van der Waals surface area contributed by atoms with E-state index in [1.165, 1.54) is 11.1 Å². The van der Waals surface area contributed by atoms with E-state index < -0.39 is 12.0 Å². The summed E-state index contributed by atoms with van der Waals surface area (Å²) < 4.78 is 0. The van der Waals surface area contributed by atoms with Crippen LogP contribution < -0.4 is 0 Å². The molecule has 1 atom stereocenters. The van der Waals surface area contributed by atoms with Crippen molar-refractivity contribution in [3.8, 4) is 0 Å². The molecule has 1 saturated heterocycles. The molecule has 0 aromatic heterocycles. The van der Waals surface area contributed by atoms with E-state index in [-0.39, 0.29) is 0 Å². The molecule has 2 rings (SSSR count). The van der Waals surface area contributed by atoms with Gasteiger partial charge in [0.15, 0.2) is 0 Å². The average molecular weight is 276 g/mol. The predicted octanol–water partition coefficient (Wildman–Crippen LogP) is 1.55. The van der Waals surface area contributed by atoms with Crippen molar-refractivity contribution in [2.75, 3.05) is 33.2 Å². The third-order valence-electron chi connectivity index (χ3n) is 4.39. The summed E-state index contributed by atoms with van der Waals surface area (Å²) in [7, 11) is 2.08. The van der Waals surface area contributed by atoms with Gasteiger partial charge in [0, 0.05) is 26.2 Å². The number of carboxylic acids is 1. The van der Waals surface area contributed by atoms with E-state index in [0.29, 0.717) is 6.42 Å². The molecule has 1 unspecified atom stereocenters. The highest BCUT2D eigenvalue weighted by atomic mass is 16.4. The largest absolute Gasteiger partial charge is 0.480 e. The number of likely N-dealkylation sites (N-methyl/N-ethyl adjacent to an activating group) is 1. The van der Waals surface area contributed by atoms with E-state index in [1.807, 2.05) is 12.1 Å². The first kappa shape index (κ1) is 15.0. The van der Waals surface area contributed by atoms with Gasteiger partial charge in [-0.15, -0.1) is 0 Å². The molecule has 4 heteroatoms. The molecular weight excluding hydrogens is 252 g/mol. The molecule has 1 aromatic carbocycles. The van der Waals surface area contributed by atoms with E-state index >= 15 is 0 Å². The van der Waals surface area contributed by atoms with Gasteiger partial charge >= 0.3 is 5.97 Å². The molecule has 1 heterocycles. The van der Waals surface area contributed by atoms with Crippen molar-refractivity contribution in [1.82, 2.24) is 9.80 Å². The molecule has 110 valence electrons. The zero-order valence-corrected chi connectivity index (χ0v) is 12.6. The molecule has 0 aliphatic carbocycles. The van der Waals surface area contributed by atoms with Crippen LogP contribution in [0.4, 0.5) is 0 Å². The Balaban J connectivity index is 2.13. The molecule has 0 spiro atoms. The molecule has 0 bridgehead atoms. The number of hydrogen-bond acceptors (Lipinski definition) is 3. The fourth-order valence-electron chi connectivity index (χ4n) is 2.75. The molecule has 1 fully saturated rings. The van der Waals surface area contributed by atoms with Crippen molar-refractivity contribution >= 4 is 5.97 Å². The van der Waals surface area contributed by atoms with Gasteiger partial charge in [-0.3, -0.25) is 9.69 Å². The number of aliphatic carboxylic acids is 1. The number of carbonyl (C=O) groups is 1. The topological polar surface area (TPSA) is 43.8 Å². The smallest absolute Gasteiger partial charge is 0.321 e. The zero-order chi connectivity index (χ0) is 14.7. The molecule has 1 N–H and O–H groups in total. The lowest BCUT2D eigenvalue weighted by molar-refractivity contribution is -0.144. The highest BCUT2D eigenvalue weighted by Crippen LogP contribution is 2.18. The first-order valence-corrected chi connectivity index (χ1v) is 7.19. The Morgan fingerprint density at radius 1 is 1.25 bits per heavy atom. The van der Waals surface area contributed by atoms with Crippen LogP contribution in [0.25, 0.3) is 0 Å². The Bertz CT molecular complexity index is 479. The minimum atomic E-state index is -0.713. The van der Waals surface area contributed by atoms with Crippen LogP contribution in [0.3, 0.4) is 0 Å². The molecule has 0 radical (unpaired) electrons. The number of benzene rings is 1. The summed E-state index contributed by atoms with van der Waals surface area (Å²) in [5.41, 5.74) is 3.59. The van der Waals surface area contributed by atoms with Crippen LogP contribution in [0.1, 0.15) is 16.7 Å². The monoisotopic (exact) mass is 276 g/mol. The Hall–Kier alpha value is -1.39. The standard InChI is InChI=1S/C16H24N2O2/c1-12-5-4-6-14(13(12)2)11-15(16(19)20)18-9-7-17(3)8-10-18/h4-6,15H,7-11H2,1-3H3,(H,19,20). The molecular formula is C16H24N2O2. The normalized spacial score (nSPS) is 18.9. The number of aryl methyl sites for hydroxylation is 1. The second-order valence-electron chi connectivity index (χ2n) is 5.76. The van der Waals surface area contributed by atoms with Gasteiger partial charge in [0.05, 0.1) is 0 Å². The SMILES string of the molecule is Cc1cccc(CC(C(=O)O)N2CCN(C)CC2)c1C. The van der Waals surface area contributed by atoms with Crippen LogP contribution in [0, 0.1) is 13.8 Å². The highest BCUT2D eigenvalue weighted by Gasteiger charge is 2.28. The first-order chi connectivity index (χ1) is 9.49. The minimum absolute atomic E-state index is 0.413. The third kappa shape index (κ3) is 3.38. The van der Waals surface area contributed by atoms with Crippen LogP contribution in [-0.2, 0) is 11.2 Å². The van der Waals surface area contributed by atoms with Crippen LogP contribution in [0.5, 0.6) is 0 Å². The second-order valence-corrected chi connectivity index (χ2v) is 5.76. The number of nitrogens with zero attached hydrogens (tertiary/aromatic N) is 2. The number of rotatable bonds is 4. The summed E-state index contributed by atoms with van der Waals surface area (Å²) in [5.74, 6) is -0.713. The predicted molar refractivity (Wildman–Crippen MR) is 80.1 cm³/mol. The fraction of sp³-hybridized carbons (Fsp3) is 0.562. The lowest BCUT2D eigenvalue weighted by atomic mass is 9.96. The minimum Gasteiger partial charge on any atom is -0.480 e. The van der Waals surface area contributed by atoms with Gasteiger partial charge in [0.2, 0.25) is 0 Å². The van der Waals surface area contributed by atoms with Crippen LogP contribution >= 0.6 is 0 Å². The van der Waals surface area contributed by atoms with Crippen LogP contribution in [-0.4, -0.2) is 60.1 Å².